The lowest BCUT2D eigenvalue weighted by Gasteiger charge is -2.47. The maximum absolute atomic E-state index is 13.5. The second-order valence-electron chi connectivity index (χ2n) is 8.00. The van der Waals surface area contributed by atoms with E-state index in [0.717, 1.165) is 19.1 Å². The number of halogens is 3. The van der Waals surface area contributed by atoms with E-state index in [1.165, 1.54) is 4.90 Å². The van der Waals surface area contributed by atoms with Crippen LogP contribution in [0.25, 0.3) is 0 Å². The van der Waals surface area contributed by atoms with Crippen molar-refractivity contribution < 1.29 is 27.8 Å². The van der Waals surface area contributed by atoms with Gasteiger partial charge in [-0.15, -0.1) is 0 Å². The van der Waals surface area contributed by atoms with Crippen molar-refractivity contribution in [1.29, 1.82) is 0 Å². The van der Waals surface area contributed by atoms with Gasteiger partial charge < -0.3 is 14.7 Å². The lowest BCUT2D eigenvalue weighted by Crippen LogP contribution is -2.56. The Balaban J connectivity index is 1.89. The van der Waals surface area contributed by atoms with Crippen LogP contribution in [0.2, 0.25) is 0 Å². The van der Waals surface area contributed by atoms with Crippen molar-refractivity contribution in [2.75, 3.05) is 7.11 Å². The van der Waals surface area contributed by atoms with Gasteiger partial charge in [-0.2, -0.15) is 13.2 Å². The number of carbonyl (C=O) groups excluding carboxylic acids is 1. The molecule has 1 aromatic carbocycles. The number of hydrogen-bond acceptors (Lipinski definition) is 3. The number of ether oxygens (including phenoxy) is 1. The molecule has 3 fully saturated rings. The molecule has 4 nitrogen and oxygen atoms in total. The van der Waals surface area contributed by atoms with Crippen molar-refractivity contribution in [1.82, 2.24) is 4.90 Å². The molecule has 4 bridgehead atoms. The third kappa shape index (κ3) is 2.47. The van der Waals surface area contributed by atoms with Crippen LogP contribution < -0.4 is 0 Å². The molecule has 148 valence electrons. The first-order chi connectivity index (χ1) is 12.8. The lowest BCUT2D eigenvalue weighted by atomic mass is 9.60. The first kappa shape index (κ1) is 18.7. The summed E-state index contributed by atoms with van der Waals surface area (Å²) in [5.74, 6) is -1.34. The summed E-state index contributed by atoms with van der Waals surface area (Å²) in [6.07, 6.45) is -3.55. The number of aliphatic hydroxyl groups is 1. The van der Waals surface area contributed by atoms with Crippen molar-refractivity contribution in [3.63, 3.8) is 0 Å². The molecule has 0 aromatic heterocycles. The lowest BCUT2D eigenvalue weighted by molar-refractivity contribution is -0.221. The van der Waals surface area contributed by atoms with Crippen LogP contribution in [-0.2, 0) is 15.1 Å². The van der Waals surface area contributed by atoms with E-state index in [9.17, 15) is 23.1 Å². The molecule has 7 heteroatoms. The van der Waals surface area contributed by atoms with Gasteiger partial charge >= 0.3 is 6.18 Å². The topological polar surface area (TPSA) is 49.8 Å². The van der Waals surface area contributed by atoms with Crippen LogP contribution in [0.3, 0.4) is 0 Å². The molecule has 1 N–H and O–H groups in total. The zero-order valence-corrected chi connectivity index (χ0v) is 15.2. The summed E-state index contributed by atoms with van der Waals surface area (Å²) in [5.41, 5.74) is -1.23. The Morgan fingerprint density at radius 2 is 1.93 bits per heavy atom. The van der Waals surface area contributed by atoms with Gasteiger partial charge in [0.05, 0.1) is 17.2 Å². The van der Waals surface area contributed by atoms with Crippen LogP contribution in [0.4, 0.5) is 13.2 Å². The fourth-order valence-corrected chi connectivity index (χ4v) is 6.04. The first-order valence-corrected chi connectivity index (χ1v) is 9.47. The Hall–Kier alpha value is -1.60. The Bertz CT molecular complexity index is 725. The van der Waals surface area contributed by atoms with Gasteiger partial charge in [-0.3, -0.25) is 4.79 Å². The highest BCUT2D eigenvalue weighted by molar-refractivity contribution is 5.84. The van der Waals surface area contributed by atoms with Gasteiger partial charge in [0.1, 0.15) is 0 Å². The van der Waals surface area contributed by atoms with Gasteiger partial charge in [0, 0.05) is 13.0 Å². The fourth-order valence-electron chi connectivity index (χ4n) is 6.04. The average Bonchev–Trinajstić information content (AvgIpc) is 2.77. The molecular weight excluding hydrogens is 359 g/mol. The smallest absolute Gasteiger partial charge is 0.387 e. The normalized spacial score (nSPS) is 36.6. The second kappa shape index (κ2) is 6.21. The van der Waals surface area contributed by atoms with Crippen molar-refractivity contribution >= 4 is 5.91 Å². The molecule has 27 heavy (non-hydrogen) atoms. The largest absolute Gasteiger partial charge is 0.423 e. The number of amides is 1. The summed E-state index contributed by atoms with van der Waals surface area (Å²) in [6.45, 7) is 0. The minimum absolute atomic E-state index is 0.255. The van der Waals surface area contributed by atoms with Crippen LogP contribution in [0, 0.1) is 5.92 Å². The minimum atomic E-state index is -4.79. The predicted octanol–water partition coefficient (Wildman–Crippen LogP) is 3.39. The molecule has 2 saturated carbocycles. The first-order valence-electron chi connectivity index (χ1n) is 9.47. The zero-order valence-electron chi connectivity index (χ0n) is 15.2. The fraction of sp³-hybridized carbons (Fsp3) is 0.650. The summed E-state index contributed by atoms with van der Waals surface area (Å²) in [6, 6.07) is 8.63. The molecule has 2 aliphatic carbocycles. The summed E-state index contributed by atoms with van der Waals surface area (Å²) in [7, 11) is 0.911. The Morgan fingerprint density at radius 1 is 1.22 bits per heavy atom. The van der Waals surface area contributed by atoms with E-state index in [1.54, 1.807) is 0 Å². The molecule has 1 aliphatic heterocycles. The summed E-state index contributed by atoms with van der Waals surface area (Å²) >= 11 is 0. The zero-order chi connectivity index (χ0) is 19.4. The Labute approximate surface area is 156 Å². The molecule has 3 aliphatic rings. The van der Waals surface area contributed by atoms with Gasteiger partial charge in [0.2, 0.25) is 6.10 Å². The van der Waals surface area contributed by atoms with Crippen molar-refractivity contribution in [2.24, 2.45) is 5.92 Å². The van der Waals surface area contributed by atoms with E-state index >= 15 is 0 Å². The average molecular weight is 383 g/mol. The second-order valence-corrected chi connectivity index (χ2v) is 8.00. The highest BCUT2D eigenvalue weighted by atomic mass is 19.4. The molecule has 1 saturated heterocycles. The standard InChI is InChI=1S/C20H24F3NO3/c1-27-16(20(21,22)23)17(25)24-15-10-5-9-14-18(24,11-6-12-19(14,15)26)13-7-3-2-4-8-13/h2-4,7-8,14-16,26H,5-6,9-12H2,1H3/t14-,15+,16+,18-,19+/m1/s1. The van der Waals surface area contributed by atoms with Crippen molar-refractivity contribution in [3.8, 4) is 0 Å². The molecule has 1 heterocycles. The molecule has 5 atom stereocenters. The third-order valence-corrected chi connectivity index (χ3v) is 6.87. The van der Waals surface area contributed by atoms with Crippen molar-refractivity contribution in [3.05, 3.63) is 35.9 Å². The maximum atomic E-state index is 13.5. The van der Waals surface area contributed by atoms with Crippen LogP contribution in [0.15, 0.2) is 30.3 Å². The van der Waals surface area contributed by atoms with Gasteiger partial charge in [0.15, 0.2) is 0 Å². The van der Waals surface area contributed by atoms with Crippen LogP contribution in [0.1, 0.15) is 44.1 Å². The number of carbonyl (C=O) groups is 1. The summed E-state index contributed by atoms with van der Waals surface area (Å²) < 4.78 is 45.1. The van der Waals surface area contributed by atoms with E-state index in [2.05, 4.69) is 4.74 Å². The molecular formula is C20H24F3NO3. The number of alkyl halides is 3. The Kier molecular flexibility index (Phi) is 4.31. The predicted molar refractivity (Wildman–Crippen MR) is 91.7 cm³/mol. The third-order valence-electron chi connectivity index (χ3n) is 6.87. The van der Waals surface area contributed by atoms with E-state index in [4.69, 9.17) is 0 Å². The van der Waals surface area contributed by atoms with E-state index < -0.39 is 35.4 Å². The molecule has 1 amide bonds. The molecule has 0 radical (unpaired) electrons. The molecule has 0 spiro atoms. The number of methoxy groups -OCH3 is 1. The quantitative estimate of drug-likeness (QED) is 0.871. The highest BCUT2D eigenvalue weighted by Gasteiger charge is 2.71. The van der Waals surface area contributed by atoms with Crippen LogP contribution in [0.5, 0.6) is 0 Å². The number of nitrogens with zero attached hydrogens (tertiary/aromatic N) is 1. The van der Waals surface area contributed by atoms with Gasteiger partial charge in [-0.25, -0.2) is 0 Å². The highest BCUT2D eigenvalue weighted by Crippen LogP contribution is 2.64. The molecule has 1 aromatic rings. The molecule has 0 unspecified atom stereocenters. The van der Waals surface area contributed by atoms with E-state index in [0.29, 0.717) is 32.1 Å². The van der Waals surface area contributed by atoms with E-state index in [-0.39, 0.29) is 5.92 Å². The van der Waals surface area contributed by atoms with Gasteiger partial charge in [-0.05, 0) is 37.7 Å². The van der Waals surface area contributed by atoms with Crippen LogP contribution >= 0.6 is 0 Å². The van der Waals surface area contributed by atoms with Crippen molar-refractivity contribution in [2.45, 2.75) is 68.0 Å². The number of rotatable bonds is 3. The summed E-state index contributed by atoms with van der Waals surface area (Å²) in [5, 5.41) is 11.5. The maximum Gasteiger partial charge on any atom is 0.423 e. The summed E-state index contributed by atoms with van der Waals surface area (Å²) in [4.78, 5) is 14.6. The monoisotopic (exact) mass is 383 g/mol. The molecule has 4 rings (SSSR count). The van der Waals surface area contributed by atoms with Crippen LogP contribution in [-0.4, -0.2) is 46.9 Å². The SMILES string of the molecule is CO[C@@H](C(=O)N1[C@H]2CCC[C@H]3[C@@]2(O)CCC[C@@]31c1ccccc1)C(F)(F)F. The number of benzene rings is 1. The van der Waals surface area contributed by atoms with Gasteiger partial charge in [0.25, 0.3) is 5.91 Å². The Morgan fingerprint density at radius 3 is 2.56 bits per heavy atom. The van der Waals surface area contributed by atoms with E-state index in [1.807, 2.05) is 30.3 Å². The number of hydrogen-bond donors (Lipinski definition) is 1. The minimum Gasteiger partial charge on any atom is -0.387 e. The van der Waals surface area contributed by atoms with Gasteiger partial charge in [-0.1, -0.05) is 36.8 Å². The number of likely N-dealkylation sites (tertiary alicyclic amines) is 1.